The summed E-state index contributed by atoms with van der Waals surface area (Å²) in [5.41, 5.74) is 3.03. The molecule has 0 saturated carbocycles. The molecule has 3 aromatic rings. The van der Waals surface area contributed by atoms with Crippen molar-refractivity contribution in [3.8, 4) is 11.4 Å². The van der Waals surface area contributed by atoms with Gasteiger partial charge in [-0.15, -0.1) is 5.10 Å². The van der Waals surface area contributed by atoms with Gasteiger partial charge in [0.25, 0.3) is 0 Å². The van der Waals surface area contributed by atoms with E-state index in [1.54, 1.807) is 11.0 Å². The molecule has 2 fully saturated rings. The summed E-state index contributed by atoms with van der Waals surface area (Å²) in [5, 5.41) is 7.81. The van der Waals surface area contributed by atoms with Crippen LogP contribution in [0.4, 0.5) is 11.6 Å². The molecular weight excluding hydrogens is 366 g/mol. The molecule has 2 aliphatic rings. The quantitative estimate of drug-likeness (QED) is 0.696. The van der Waals surface area contributed by atoms with Gasteiger partial charge < -0.3 is 14.8 Å². The predicted molar refractivity (Wildman–Crippen MR) is 111 cm³/mol. The van der Waals surface area contributed by atoms with Crippen LogP contribution in [-0.2, 0) is 4.74 Å². The van der Waals surface area contributed by atoms with Crippen molar-refractivity contribution in [2.75, 3.05) is 31.6 Å². The van der Waals surface area contributed by atoms with Gasteiger partial charge in [0, 0.05) is 24.8 Å². The Morgan fingerprint density at radius 2 is 2.00 bits per heavy atom. The van der Waals surface area contributed by atoms with E-state index < -0.39 is 0 Å². The molecule has 29 heavy (non-hydrogen) atoms. The molecule has 0 radical (unpaired) electrons. The Hall–Kier alpha value is -2.90. The zero-order valence-electron chi connectivity index (χ0n) is 16.5. The molecule has 7 heteroatoms. The minimum Gasteiger partial charge on any atom is -0.489 e. The van der Waals surface area contributed by atoms with Gasteiger partial charge in [0.2, 0.25) is 5.95 Å². The van der Waals surface area contributed by atoms with Gasteiger partial charge in [0.05, 0.1) is 24.9 Å². The number of ether oxygens (including phenoxy) is 2. The third kappa shape index (κ3) is 4.11. The van der Waals surface area contributed by atoms with E-state index in [9.17, 15) is 0 Å². The second kappa shape index (κ2) is 7.85. The fourth-order valence-corrected chi connectivity index (χ4v) is 3.85. The van der Waals surface area contributed by atoms with E-state index in [0.717, 1.165) is 55.4 Å². The number of nitrogens with zero attached hydrogens (tertiary/aromatic N) is 4. The molecule has 1 N–H and O–H groups in total. The first-order valence-corrected chi connectivity index (χ1v) is 10.1. The Kier molecular flexibility index (Phi) is 4.91. The molecule has 7 nitrogen and oxygen atoms in total. The van der Waals surface area contributed by atoms with Crippen LogP contribution in [0.2, 0.25) is 0 Å². The van der Waals surface area contributed by atoms with E-state index >= 15 is 0 Å². The normalized spacial score (nSPS) is 19.8. The molecule has 2 saturated heterocycles. The van der Waals surface area contributed by atoms with Crippen LogP contribution in [-0.4, -0.2) is 58.1 Å². The minimum atomic E-state index is 0.223. The highest BCUT2D eigenvalue weighted by Gasteiger charge is 2.33. The number of anilines is 2. The van der Waals surface area contributed by atoms with Gasteiger partial charge in [-0.05, 0) is 43.2 Å². The van der Waals surface area contributed by atoms with E-state index in [1.807, 2.05) is 36.4 Å². The van der Waals surface area contributed by atoms with Crippen molar-refractivity contribution in [3.05, 3.63) is 60.4 Å². The first kappa shape index (κ1) is 18.1. The van der Waals surface area contributed by atoms with Crippen molar-refractivity contribution in [1.82, 2.24) is 19.7 Å². The molecule has 150 valence electrons. The summed E-state index contributed by atoms with van der Waals surface area (Å²) in [6, 6.07) is 16.7. The third-order valence-electron chi connectivity index (χ3n) is 5.44. The van der Waals surface area contributed by atoms with Crippen molar-refractivity contribution >= 4 is 11.6 Å². The standard InChI is InChI=1S/C22H25N5O2/c1-16-9-17(24-22-23-15-27(25-22)18-5-3-2-4-6-18)11-21(10-16)29-20-7-8-26(12-20)19-13-28-14-19/h2-6,9-11,15,19-20H,7-8,12-14H2,1H3,(H,24,25)/t20-/m0/s1. The van der Waals surface area contributed by atoms with Crippen LogP contribution in [0.1, 0.15) is 12.0 Å². The van der Waals surface area contributed by atoms with E-state index in [1.165, 1.54) is 0 Å². The van der Waals surface area contributed by atoms with E-state index in [0.29, 0.717) is 12.0 Å². The van der Waals surface area contributed by atoms with E-state index in [4.69, 9.17) is 9.47 Å². The SMILES string of the molecule is Cc1cc(Nc2ncn(-c3ccccc3)n2)cc(O[C@H]2CCN(C3COC3)C2)c1. The van der Waals surface area contributed by atoms with Crippen LogP contribution in [0.15, 0.2) is 54.9 Å². The van der Waals surface area contributed by atoms with Gasteiger partial charge in [-0.2, -0.15) is 4.98 Å². The second-order valence-electron chi connectivity index (χ2n) is 7.72. The van der Waals surface area contributed by atoms with Crippen molar-refractivity contribution in [3.63, 3.8) is 0 Å². The topological polar surface area (TPSA) is 64.4 Å². The number of para-hydroxylation sites is 1. The molecule has 3 heterocycles. The van der Waals surface area contributed by atoms with Crippen LogP contribution < -0.4 is 10.1 Å². The summed E-state index contributed by atoms with van der Waals surface area (Å²) >= 11 is 0. The number of nitrogens with one attached hydrogen (secondary N) is 1. The lowest BCUT2D eigenvalue weighted by molar-refractivity contribution is -0.0592. The molecule has 0 spiro atoms. The Labute approximate surface area is 170 Å². The Balaban J connectivity index is 1.26. The number of aromatic nitrogens is 3. The second-order valence-corrected chi connectivity index (χ2v) is 7.72. The van der Waals surface area contributed by atoms with Gasteiger partial charge in [0.15, 0.2) is 0 Å². The summed E-state index contributed by atoms with van der Waals surface area (Å²) in [6.45, 7) is 5.83. The maximum Gasteiger partial charge on any atom is 0.246 e. The van der Waals surface area contributed by atoms with Gasteiger partial charge >= 0.3 is 0 Å². The van der Waals surface area contributed by atoms with Crippen LogP contribution >= 0.6 is 0 Å². The van der Waals surface area contributed by atoms with E-state index in [2.05, 4.69) is 39.4 Å². The van der Waals surface area contributed by atoms with Crippen molar-refractivity contribution in [2.24, 2.45) is 0 Å². The molecular formula is C22H25N5O2. The lowest BCUT2D eigenvalue weighted by Gasteiger charge is -2.34. The van der Waals surface area contributed by atoms with Gasteiger partial charge in [-0.25, -0.2) is 4.68 Å². The van der Waals surface area contributed by atoms with Crippen molar-refractivity contribution in [2.45, 2.75) is 25.5 Å². The van der Waals surface area contributed by atoms with Crippen LogP contribution in [0.5, 0.6) is 5.75 Å². The summed E-state index contributed by atoms with van der Waals surface area (Å²) < 4.78 is 13.4. The van der Waals surface area contributed by atoms with Gasteiger partial charge in [-0.1, -0.05) is 18.2 Å². The van der Waals surface area contributed by atoms with Crippen molar-refractivity contribution < 1.29 is 9.47 Å². The number of hydrogen-bond acceptors (Lipinski definition) is 6. The molecule has 5 rings (SSSR count). The molecule has 1 atom stereocenters. The maximum atomic E-state index is 6.29. The summed E-state index contributed by atoms with van der Waals surface area (Å²) in [4.78, 5) is 6.85. The number of hydrogen-bond donors (Lipinski definition) is 1. The molecule has 2 aliphatic heterocycles. The van der Waals surface area contributed by atoms with Gasteiger partial charge in [0.1, 0.15) is 18.2 Å². The predicted octanol–water partition coefficient (Wildman–Crippen LogP) is 3.17. The Bertz CT molecular complexity index is 970. The largest absolute Gasteiger partial charge is 0.489 e. The highest BCUT2D eigenvalue weighted by molar-refractivity contribution is 5.57. The highest BCUT2D eigenvalue weighted by Crippen LogP contribution is 2.27. The molecule has 0 amide bonds. The third-order valence-corrected chi connectivity index (χ3v) is 5.44. The summed E-state index contributed by atoms with van der Waals surface area (Å²) in [7, 11) is 0. The van der Waals surface area contributed by atoms with Crippen molar-refractivity contribution in [1.29, 1.82) is 0 Å². The summed E-state index contributed by atoms with van der Waals surface area (Å²) in [6.07, 6.45) is 2.99. The average Bonchev–Trinajstić information content (AvgIpc) is 3.31. The smallest absolute Gasteiger partial charge is 0.246 e. The zero-order valence-corrected chi connectivity index (χ0v) is 16.5. The maximum absolute atomic E-state index is 6.29. The minimum absolute atomic E-state index is 0.223. The molecule has 1 aromatic heterocycles. The fraction of sp³-hybridized carbons (Fsp3) is 0.364. The number of rotatable bonds is 6. The Morgan fingerprint density at radius 1 is 1.14 bits per heavy atom. The molecule has 0 aliphatic carbocycles. The van der Waals surface area contributed by atoms with Crippen LogP contribution in [0.25, 0.3) is 5.69 Å². The first-order chi connectivity index (χ1) is 14.2. The summed E-state index contributed by atoms with van der Waals surface area (Å²) in [5.74, 6) is 1.44. The fourth-order valence-electron chi connectivity index (χ4n) is 3.85. The van der Waals surface area contributed by atoms with Crippen LogP contribution in [0.3, 0.4) is 0 Å². The van der Waals surface area contributed by atoms with Gasteiger partial charge in [-0.3, -0.25) is 4.90 Å². The molecule has 0 unspecified atom stereocenters. The lowest BCUT2D eigenvalue weighted by atomic mass is 10.2. The number of benzene rings is 2. The first-order valence-electron chi connectivity index (χ1n) is 10.1. The monoisotopic (exact) mass is 391 g/mol. The zero-order chi connectivity index (χ0) is 19.6. The Morgan fingerprint density at radius 3 is 2.79 bits per heavy atom. The highest BCUT2D eigenvalue weighted by atomic mass is 16.5. The molecule has 2 aromatic carbocycles. The average molecular weight is 391 g/mol. The van der Waals surface area contributed by atoms with E-state index in [-0.39, 0.29) is 6.10 Å². The lowest BCUT2D eigenvalue weighted by Crippen LogP contribution is -2.48. The number of aryl methyl sites for hydroxylation is 1. The molecule has 0 bridgehead atoms. The number of likely N-dealkylation sites (tertiary alicyclic amines) is 1. The van der Waals surface area contributed by atoms with Crippen LogP contribution in [0, 0.1) is 6.92 Å².